The molecule has 0 fully saturated rings. The molecule has 78 valence electrons. The Morgan fingerprint density at radius 2 is 2.21 bits per heavy atom. The molecule has 0 aromatic carbocycles. The van der Waals surface area contributed by atoms with Crippen LogP contribution in [-0.2, 0) is 6.42 Å². The van der Waals surface area contributed by atoms with Crippen LogP contribution in [0.1, 0.15) is 30.5 Å². The highest BCUT2D eigenvalue weighted by molar-refractivity contribution is 7.12. The number of hydrogen-bond acceptors (Lipinski definition) is 2. The molecular formula is C12H19NS. The van der Waals surface area contributed by atoms with Crippen molar-refractivity contribution in [2.24, 2.45) is 0 Å². The fourth-order valence-corrected chi connectivity index (χ4v) is 2.04. The van der Waals surface area contributed by atoms with Gasteiger partial charge in [-0.2, -0.15) is 0 Å². The van der Waals surface area contributed by atoms with Crippen LogP contribution >= 0.6 is 11.3 Å². The van der Waals surface area contributed by atoms with E-state index in [9.17, 15) is 0 Å². The van der Waals surface area contributed by atoms with Gasteiger partial charge in [0.15, 0.2) is 0 Å². The Morgan fingerprint density at radius 1 is 1.43 bits per heavy atom. The maximum absolute atomic E-state index is 3.35. The molecule has 0 saturated carbocycles. The van der Waals surface area contributed by atoms with Gasteiger partial charge in [-0.25, -0.2) is 0 Å². The van der Waals surface area contributed by atoms with Crippen LogP contribution in [0.2, 0.25) is 0 Å². The van der Waals surface area contributed by atoms with E-state index in [2.05, 4.69) is 50.4 Å². The summed E-state index contributed by atoms with van der Waals surface area (Å²) in [6.07, 6.45) is 5.52. The van der Waals surface area contributed by atoms with Crippen LogP contribution in [0, 0.1) is 0 Å². The van der Waals surface area contributed by atoms with Gasteiger partial charge in [0.05, 0.1) is 0 Å². The van der Waals surface area contributed by atoms with E-state index in [4.69, 9.17) is 0 Å². The molecule has 1 aromatic rings. The molecule has 1 rings (SSSR count). The molecule has 0 radical (unpaired) electrons. The van der Waals surface area contributed by atoms with Crippen molar-refractivity contribution in [1.29, 1.82) is 0 Å². The standard InChI is InChI=1S/C12H19NS/c1-4-11-7-8-12(14-11)6-5-9-13-10(2)3/h5-8,10,13H,4,9H2,1-3H3. The van der Waals surface area contributed by atoms with Gasteiger partial charge in [0.2, 0.25) is 0 Å². The summed E-state index contributed by atoms with van der Waals surface area (Å²) in [7, 11) is 0. The van der Waals surface area contributed by atoms with Crippen LogP contribution in [0.5, 0.6) is 0 Å². The Kier molecular flexibility index (Phi) is 4.91. The highest BCUT2D eigenvalue weighted by atomic mass is 32.1. The second-order valence-corrected chi connectivity index (χ2v) is 4.82. The zero-order valence-electron chi connectivity index (χ0n) is 9.21. The third-order valence-electron chi connectivity index (χ3n) is 1.96. The number of aryl methyl sites for hydroxylation is 1. The van der Waals surface area contributed by atoms with Crippen molar-refractivity contribution < 1.29 is 0 Å². The molecule has 1 heterocycles. The fourth-order valence-electron chi connectivity index (χ4n) is 1.15. The maximum atomic E-state index is 3.35. The summed E-state index contributed by atoms with van der Waals surface area (Å²) in [6.45, 7) is 7.47. The van der Waals surface area contributed by atoms with E-state index in [1.807, 2.05) is 11.3 Å². The molecule has 1 aromatic heterocycles. The minimum atomic E-state index is 0.564. The summed E-state index contributed by atoms with van der Waals surface area (Å²) in [5, 5.41) is 3.35. The lowest BCUT2D eigenvalue weighted by Crippen LogP contribution is -2.22. The zero-order valence-corrected chi connectivity index (χ0v) is 10.0. The van der Waals surface area contributed by atoms with Crippen LogP contribution < -0.4 is 5.32 Å². The first-order chi connectivity index (χ1) is 6.72. The summed E-state index contributed by atoms with van der Waals surface area (Å²) in [4.78, 5) is 2.81. The van der Waals surface area contributed by atoms with E-state index in [-0.39, 0.29) is 0 Å². The Morgan fingerprint density at radius 3 is 2.79 bits per heavy atom. The molecule has 0 aliphatic heterocycles. The van der Waals surface area contributed by atoms with E-state index in [0.29, 0.717) is 6.04 Å². The van der Waals surface area contributed by atoms with Gasteiger partial charge in [-0.15, -0.1) is 11.3 Å². The van der Waals surface area contributed by atoms with E-state index < -0.39 is 0 Å². The molecule has 0 spiro atoms. The fraction of sp³-hybridized carbons (Fsp3) is 0.500. The van der Waals surface area contributed by atoms with Crippen LogP contribution in [0.15, 0.2) is 18.2 Å². The Bertz CT molecular complexity index is 286. The van der Waals surface area contributed by atoms with Crippen molar-refractivity contribution in [2.75, 3.05) is 6.54 Å². The third-order valence-corrected chi connectivity index (χ3v) is 3.15. The predicted octanol–water partition coefficient (Wildman–Crippen LogP) is 3.32. The summed E-state index contributed by atoms with van der Waals surface area (Å²) < 4.78 is 0. The molecule has 0 aliphatic rings. The van der Waals surface area contributed by atoms with Crippen molar-refractivity contribution in [3.05, 3.63) is 28.0 Å². The van der Waals surface area contributed by atoms with Crippen LogP contribution in [-0.4, -0.2) is 12.6 Å². The molecule has 2 heteroatoms. The average molecular weight is 209 g/mol. The van der Waals surface area contributed by atoms with Crippen molar-refractivity contribution >= 4 is 17.4 Å². The molecule has 0 bridgehead atoms. The molecule has 1 nitrogen and oxygen atoms in total. The number of thiophene rings is 1. The van der Waals surface area contributed by atoms with Gasteiger partial charge in [0, 0.05) is 22.3 Å². The van der Waals surface area contributed by atoms with Crippen molar-refractivity contribution in [3.63, 3.8) is 0 Å². The lowest BCUT2D eigenvalue weighted by molar-refractivity contribution is 0.633. The highest BCUT2D eigenvalue weighted by Gasteiger charge is 1.93. The van der Waals surface area contributed by atoms with Gasteiger partial charge in [0.25, 0.3) is 0 Å². The van der Waals surface area contributed by atoms with Gasteiger partial charge in [-0.05, 0) is 24.6 Å². The van der Waals surface area contributed by atoms with Crippen molar-refractivity contribution in [3.8, 4) is 0 Å². The van der Waals surface area contributed by atoms with E-state index in [0.717, 1.165) is 13.0 Å². The van der Waals surface area contributed by atoms with Gasteiger partial charge in [0.1, 0.15) is 0 Å². The summed E-state index contributed by atoms with van der Waals surface area (Å²) in [5.74, 6) is 0. The topological polar surface area (TPSA) is 12.0 Å². The third kappa shape index (κ3) is 4.07. The smallest absolute Gasteiger partial charge is 0.0270 e. The molecule has 1 N–H and O–H groups in total. The first-order valence-corrected chi connectivity index (χ1v) is 6.02. The second kappa shape index (κ2) is 5.99. The first kappa shape index (κ1) is 11.5. The number of nitrogens with one attached hydrogen (secondary N) is 1. The van der Waals surface area contributed by atoms with Crippen LogP contribution in [0.3, 0.4) is 0 Å². The van der Waals surface area contributed by atoms with Gasteiger partial charge in [-0.3, -0.25) is 0 Å². The first-order valence-electron chi connectivity index (χ1n) is 5.21. The summed E-state index contributed by atoms with van der Waals surface area (Å²) in [6, 6.07) is 4.96. The molecular weight excluding hydrogens is 190 g/mol. The number of hydrogen-bond donors (Lipinski definition) is 1. The quantitative estimate of drug-likeness (QED) is 0.784. The van der Waals surface area contributed by atoms with E-state index >= 15 is 0 Å². The minimum Gasteiger partial charge on any atom is -0.311 e. The number of rotatable bonds is 5. The summed E-state index contributed by atoms with van der Waals surface area (Å²) >= 11 is 1.88. The zero-order chi connectivity index (χ0) is 10.4. The largest absolute Gasteiger partial charge is 0.311 e. The normalized spacial score (nSPS) is 11.7. The Labute approximate surface area is 90.9 Å². The average Bonchev–Trinajstić information content (AvgIpc) is 2.60. The van der Waals surface area contributed by atoms with Gasteiger partial charge < -0.3 is 5.32 Å². The van der Waals surface area contributed by atoms with Crippen LogP contribution in [0.4, 0.5) is 0 Å². The molecule has 0 unspecified atom stereocenters. The lowest BCUT2D eigenvalue weighted by atomic mass is 10.3. The molecule has 0 amide bonds. The summed E-state index contributed by atoms with van der Waals surface area (Å²) in [5.41, 5.74) is 0. The predicted molar refractivity (Wildman–Crippen MR) is 65.9 cm³/mol. The lowest BCUT2D eigenvalue weighted by Gasteiger charge is -2.02. The van der Waals surface area contributed by atoms with Crippen molar-refractivity contribution in [1.82, 2.24) is 5.32 Å². The highest BCUT2D eigenvalue weighted by Crippen LogP contribution is 2.17. The van der Waals surface area contributed by atoms with E-state index in [1.54, 1.807) is 0 Å². The Balaban J connectivity index is 2.36. The van der Waals surface area contributed by atoms with Crippen LogP contribution in [0.25, 0.3) is 6.08 Å². The SMILES string of the molecule is CCc1ccc(C=CCNC(C)C)s1. The van der Waals surface area contributed by atoms with Gasteiger partial charge in [-0.1, -0.05) is 26.8 Å². The minimum absolute atomic E-state index is 0.564. The second-order valence-electron chi connectivity index (χ2n) is 3.62. The van der Waals surface area contributed by atoms with Gasteiger partial charge >= 0.3 is 0 Å². The monoisotopic (exact) mass is 209 g/mol. The van der Waals surface area contributed by atoms with Crippen molar-refractivity contribution in [2.45, 2.75) is 33.2 Å². The molecule has 0 saturated heterocycles. The molecule has 0 aliphatic carbocycles. The van der Waals surface area contributed by atoms with E-state index in [1.165, 1.54) is 9.75 Å². The Hall–Kier alpha value is -0.600. The maximum Gasteiger partial charge on any atom is 0.0270 e. The molecule has 0 atom stereocenters. The molecule has 14 heavy (non-hydrogen) atoms.